The Bertz CT molecular complexity index is 3550. The number of fused-ring (bicyclic) bond motifs is 9. The first-order chi connectivity index (χ1) is 32.5. The van der Waals surface area contributed by atoms with Crippen molar-refractivity contribution in [2.45, 2.75) is 32.7 Å². The first-order valence-electron chi connectivity index (χ1n) is 22.9. The first-order valence-corrected chi connectivity index (χ1v) is 22.9. The number of anilines is 2. The highest BCUT2D eigenvalue weighted by Crippen LogP contribution is 2.48. The molecule has 0 radical (unpaired) electrons. The van der Waals surface area contributed by atoms with Crippen molar-refractivity contribution in [2.75, 3.05) is 4.90 Å². The van der Waals surface area contributed by atoms with Crippen LogP contribution in [-0.4, -0.2) is 25.1 Å². The van der Waals surface area contributed by atoms with Gasteiger partial charge in [0, 0.05) is 80.6 Å². The molecule has 1 aliphatic heterocycles. The summed E-state index contributed by atoms with van der Waals surface area (Å²) in [7, 11) is 0. The van der Waals surface area contributed by atoms with Gasteiger partial charge in [-0.3, -0.25) is 9.97 Å². The van der Waals surface area contributed by atoms with Gasteiger partial charge in [-0.1, -0.05) is 97.1 Å². The SMILES string of the molecule is Cc1cc(N2c3ccncc3C3C=CC=CC32)ccc1-c1cc(-c2ccc(-n3c4ccccc4c4ccccc43)cc2C)cc(-c2ccc(-n3c4ccccc4c4cnccc43)cc2C)c1. The maximum atomic E-state index is 4.52. The molecule has 13 rings (SSSR count). The summed E-state index contributed by atoms with van der Waals surface area (Å²) >= 11 is 0. The van der Waals surface area contributed by atoms with E-state index < -0.39 is 0 Å². The number of nitrogens with zero attached hydrogens (tertiary/aromatic N) is 5. The van der Waals surface area contributed by atoms with Gasteiger partial charge in [0.15, 0.2) is 0 Å². The minimum absolute atomic E-state index is 0.216. The van der Waals surface area contributed by atoms with E-state index in [1.807, 2.05) is 24.8 Å². The van der Waals surface area contributed by atoms with E-state index in [2.05, 4.69) is 227 Å². The average molecular weight is 848 g/mol. The van der Waals surface area contributed by atoms with Gasteiger partial charge in [0.2, 0.25) is 0 Å². The summed E-state index contributed by atoms with van der Waals surface area (Å²) in [5.41, 5.74) is 21.7. The Labute approximate surface area is 383 Å². The van der Waals surface area contributed by atoms with Crippen molar-refractivity contribution in [1.29, 1.82) is 0 Å². The lowest BCUT2D eigenvalue weighted by atomic mass is 9.89. The van der Waals surface area contributed by atoms with Crippen LogP contribution in [0.15, 0.2) is 207 Å². The van der Waals surface area contributed by atoms with Gasteiger partial charge >= 0.3 is 0 Å². The molecule has 2 aliphatic rings. The monoisotopic (exact) mass is 847 g/mol. The summed E-state index contributed by atoms with van der Waals surface area (Å²) in [6.45, 7) is 6.76. The predicted octanol–water partition coefficient (Wildman–Crippen LogP) is 15.3. The molecule has 5 heterocycles. The molecular weight excluding hydrogens is 803 g/mol. The lowest BCUT2D eigenvalue weighted by Crippen LogP contribution is -2.28. The zero-order valence-electron chi connectivity index (χ0n) is 37.0. The minimum atomic E-state index is 0.216. The van der Waals surface area contributed by atoms with Gasteiger partial charge in [0.05, 0.1) is 28.1 Å². The number of allylic oxidation sites excluding steroid dienone is 2. The van der Waals surface area contributed by atoms with E-state index in [1.165, 1.54) is 99.7 Å². The molecule has 0 amide bonds. The highest BCUT2D eigenvalue weighted by molar-refractivity contribution is 6.10. The second-order valence-corrected chi connectivity index (χ2v) is 18.0. The molecule has 0 bridgehead atoms. The maximum absolute atomic E-state index is 4.52. The van der Waals surface area contributed by atoms with E-state index in [1.54, 1.807) is 0 Å². The largest absolute Gasteiger partial charge is 0.333 e. The van der Waals surface area contributed by atoms with Crippen LogP contribution >= 0.6 is 0 Å². The first kappa shape index (κ1) is 38.2. The standard InChI is InChI=1S/C61H45N5/c1-38-30-44(64-56-16-8-4-12-50(56)51-13-5-9-17-57(51)64)20-23-47(38)41-33-42(48-24-21-45(31-39(48)2)65-58-18-10-6-14-52(58)54-36-62-28-26-60(54)65)35-43(34-41)49-25-22-46(32-40(49)3)66-59-19-11-7-15-53(59)55-37-63-29-27-61(55)66/h4-37,52,58H,1-3H3. The third-order valence-corrected chi connectivity index (χ3v) is 14.2. The summed E-state index contributed by atoms with van der Waals surface area (Å²) in [6.07, 6.45) is 16.8. The van der Waals surface area contributed by atoms with Gasteiger partial charge in [-0.05, 0) is 156 Å². The van der Waals surface area contributed by atoms with Crippen LogP contribution in [0.5, 0.6) is 0 Å². The van der Waals surface area contributed by atoms with Crippen LogP contribution in [0.1, 0.15) is 28.2 Å². The van der Waals surface area contributed by atoms with Gasteiger partial charge < -0.3 is 14.0 Å². The predicted molar refractivity (Wildman–Crippen MR) is 275 cm³/mol. The number of aryl methyl sites for hydroxylation is 3. The molecule has 5 nitrogen and oxygen atoms in total. The third-order valence-electron chi connectivity index (χ3n) is 14.2. The van der Waals surface area contributed by atoms with E-state index in [0.717, 1.165) is 22.3 Å². The fourth-order valence-electron chi connectivity index (χ4n) is 11.2. The highest BCUT2D eigenvalue weighted by atomic mass is 15.2. The van der Waals surface area contributed by atoms with Crippen molar-refractivity contribution in [2.24, 2.45) is 0 Å². The summed E-state index contributed by atoms with van der Waals surface area (Å²) in [5.74, 6) is 0.282. The summed E-state index contributed by atoms with van der Waals surface area (Å²) in [5, 5.41) is 4.90. The minimum Gasteiger partial charge on any atom is -0.333 e. The Hall–Kier alpha value is -8.28. The molecule has 0 spiro atoms. The maximum Gasteiger partial charge on any atom is 0.0630 e. The van der Waals surface area contributed by atoms with E-state index in [-0.39, 0.29) is 12.0 Å². The Morgan fingerprint density at radius 2 is 0.864 bits per heavy atom. The molecule has 0 N–H and O–H groups in total. The molecule has 0 fully saturated rings. The molecule has 5 heteroatoms. The van der Waals surface area contributed by atoms with E-state index >= 15 is 0 Å². The van der Waals surface area contributed by atoms with E-state index in [9.17, 15) is 0 Å². The van der Waals surface area contributed by atoms with Crippen LogP contribution in [0, 0.1) is 20.8 Å². The van der Waals surface area contributed by atoms with Crippen molar-refractivity contribution in [3.8, 4) is 44.8 Å². The van der Waals surface area contributed by atoms with E-state index in [0.29, 0.717) is 0 Å². The molecule has 0 saturated carbocycles. The molecule has 4 aromatic heterocycles. The summed E-state index contributed by atoms with van der Waals surface area (Å²) in [6, 6.07) is 58.7. The van der Waals surface area contributed by atoms with Crippen molar-refractivity contribution < 1.29 is 0 Å². The molecule has 2 atom stereocenters. The zero-order valence-corrected chi connectivity index (χ0v) is 37.0. The van der Waals surface area contributed by atoms with Crippen LogP contribution in [0.2, 0.25) is 0 Å². The summed E-state index contributed by atoms with van der Waals surface area (Å²) < 4.78 is 4.78. The Kier molecular flexibility index (Phi) is 8.62. The van der Waals surface area contributed by atoms with Crippen molar-refractivity contribution >= 4 is 55.0 Å². The van der Waals surface area contributed by atoms with Gasteiger partial charge in [0.25, 0.3) is 0 Å². The number of aromatic nitrogens is 4. The van der Waals surface area contributed by atoms with Crippen LogP contribution in [0.3, 0.4) is 0 Å². The number of benzene rings is 7. The van der Waals surface area contributed by atoms with Gasteiger partial charge in [-0.25, -0.2) is 0 Å². The second kappa shape index (κ2) is 14.9. The van der Waals surface area contributed by atoms with Crippen molar-refractivity contribution in [1.82, 2.24) is 19.1 Å². The van der Waals surface area contributed by atoms with Crippen LogP contribution in [0.25, 0.3) is 88.4 Å². The third kappa shape index (κ3) is 5.86. The van der Waals surface area contributed by atoms with Gasteiger partial charge in [-0.2, -0.15) is 0 Å². The lowest BCUT2D eigenvalue weighted by Gasteiger charge is -2.29. The molecule has 11 aromatic rings. The quantitative estimate of drug-likeness (QED) is 0.167. The van der Waals surface area contributed by atoms with Gasteiger partial charge in [-0.15, -0.1) is 0 Å². The smallest absolute Gasteiger partial charge is 0.0630 e. The molecule has 1 aliphatic carbocycles. The average Bonchev–Trinajstić information content (AvgIpc) is 4.00. The normalized spacial score (nSPS) is 15.3. The van der Waals surface area contributed by atoms with E-state index in [4.69, 9.17) is 0 Å². The molecule has 314 valence electrons. The summed E-state index contributed by atoms with van der Waals surface area (Å²) in [4.78, 5) is 11.5. The molecule has 7 aromatic carbocycles. The van der Waals surface area contributed by atoms with Crippen LogP contribution in [0.4, 0.5) is 11.4 Å². The Balaban J connectivity index is 0.954. The molecule has 0 saturated heterocycles. The Morgan fingerprint density at radius 1 is 0.409 bits per heavy atom. The highest BCUT2D eigenvalue weighted by Gasteiger charge is 2.37. The molecular formula is C61H45N5. The van der Waals surface area contributed by atoms with Gasteiger partial charge in [0.1, 0.15) is 0 Å². The number of para-hydroxylation sites is 3. The second-order valence-electron chi connectivity index (χ2n) is 18.0. The number of hydrogen-bond acceptors (Lipinski definition) is 3. The number of rotatable bonds is 6. The molecule has 66 heavy (non-hydrogen) atoms. The lowest BCUT2D eigenvalue weighted by molar-refractivity contribution is 0.743. The molecule has 2 unspecified atom stereocenters. The fraction of sp³-hybridized carbons (Fsp3) is 0.0820. The fourth-order valence-corrected chi connectivity index (χ4v) is 11.2. The van der Waals surface area contributed by atoms with Crippen molar-refractivity contribution in [3.63, 3.8) is 0 Å². The van der Waals surface area contributed by atoms with Crippen LogP contribution in [-0.2, 0) is 0 Å². The zero-order chi connectivity index (χ0) is 44.0. The van der Waals surface area contributed by atoms with Crippen LogP contribution < -0.4 is 4.90 Å². The van der Waals surface area contributed by atoms with Crippen molar-refractivity contribution in [3.05, 3.63) is 229 Å². The topological polar surface area (TPSA) is 38.9 Å². The number of pyridine rings is 2. The Morgan fingerprint density at radius 3 is 1.42 bits per heavy atom. The number of hydrogen-bond donors (Lipinski definition) is 0.